The van der Waals surface area contributed by atoms with Gasteiger partial charge in [0.2, 0.25) is 22.8 Å². The van der Waals surface area contributed by atoms with Crippen molar-refractivity contribution in [2.45, 2.75) is 204 Å². The van der Waals surface area contributed by atoms with Crippen molar-refractivity contribution in [1.29, 1.82) is 0 Å². The number of rotatable bonds is 14. The van der Waals surface area contributed by atoms with Gasteiger partial charge in [-0.15, -0.1) is 0 Å². The van der Waals surface area contributed by atoms with Gasteiger partial charge in [-0.2, -0.15) is 0 Å². The highest BCUT2D eigenvalue weighted by Crippen LogP contribution is 2.39. The van der Waals surface area contributed by atoms with Crippen LogP contribution in [0.4, 0.5) is 0 Å². The normalized spacial score (nSPS) is 17.2. The highest BCUT2D eigenvalue weighted by molar-refractivity contribution is 5.81. The fourth-order valence-corrected chi connectivity index (χ4v) is 13.3. The van der Waals surface area contributed by atoms with Crippen LogP contribution in [-0.4, -0.2) is 0 Å². The van der Waals surface area contributed by atoms with E-state index < -0.39 is 91.1 Å². The molecule has 12 aromatic rings. The van der Waals surface area contributed by atoms with Crippen molar-refractivity contribution in [3.05, 3.63) is 306 Å². The molecule has 0 aliphatic carbocycles. The number of hydrogen-bond donors (Lipinski definition) is 0. The van der Waals surface area contributed by atoms with E-state index in [9.17, 15) is 0 Å². The fourth-order valence-electron chi connectivity index (χ4n) is 13.3. The first-order valence-corrected chi connectivity index (χ1v) is 36.7. The number of nitrogens with zero attached hydrogens (tertiary/aromatic N) is 4. The van der Waals surface area contributed by atoms with E-state index in [1.54, 1.807) is 240 Å². The van der Waals surface area contributed by atoms with Crippen LogP contribution in [0.25, 0.3) is 89.5 Å². The van der Waals surface area contributed by atoms with Crippen LogP contribution >= 0.6 is 0 Å². The van der Waals surface area contributed by atoms with E-state index in [1.165, 1.54) is 0 Å². The molecule has 0 unspecified atom stereocenters. The van der Waals surface area contributed by atoms with Gasteiger partial charge in [-0.3, -0.25) is 0 Å². The summed E-state index contributed by atoms with van der Waals surface area (Å²) in [5.41, 5.74) is 18.5. The molecule has 0 saturated carbocycles. The predicted octanol–water partition coefficient (Wildman–Crippen LogP) is 25.4. The zero-order chi connectivity index (χ0) is 106. The van der Waals surface area contributed by atoms with Crippen molar-refractivity contribution in [1.82, 2.24) is 0 Å². The van der Waals surface area contributed by atoms with E-state index in [0.29, 0.717) is 102 Å². The summed E-state index contributed by atoms with van der Waals surface area (Å²) in [4.78, 5) is 0. The van der Waals surface area contributed by atoms with Gasteiger partial charge in [-0.25, -0.2) is 18.3 Å². The van der Waals surface area contributed by atoms with E-state index in [-0.39, 0.29) is 44.5 Å². The van der Waals surface area contributed by atoms with Gasteiger partial charge in [0.1, 0.15) is 28.2 Å². The number of aromatic nitrogens is 4. The minimum Gasteiger partial charge on any atom is -0.201 e. The first kappa shape index (κ1) is 48.7. The molecule has 0 spiro atoms. The number of pyridine rings is 4. The Labute approximate surface area is 698 Å². The van der Waals surface area contributed by atoms with Crippen LogP contribution in [-0.2, 0) is 53.7 Å². The van der Waals surface area contributed by atoms with Crippen molar-refractivity contribution in [3.8, 4) is 89.5 Å². The Morgan fingerprint density at radius 3 is 0.954 bits per heavy atom. The third-order valence-corrected chi connectivity index (χ3v) is 19.0. The maximum Gasteiger partial charge on any atom is 0.212 e. The van der Waals surface area contributed by atoms with Gasteiger partial charge in [0.15, 0.2) is 24.8 Å². The molecule has 4 nitrogen and oxygen atoms in total. The Morgan fingerprint density at radius 1 is 0.269 bits per heavy atom. The average Bonchev–Trinajstić information content (AvgIpc) is 0.746. The molecule has 0 N–H and O–H groups in total. The smallest absolute Gasteiger partial charge is 0.201 e. The lowest BCUT2D eigenvalue weighted by Crippen LogP contribution is -2.31. The van der Waals surface area contributed by atoms with Crippen LogP contribution in [0.1, 0.15) is 223 Å². The third kappa shape index (κ3) is 20.4. The topological polar surface area (TPSA) is 15.5 Å². The van der Waals surface area contributed by atoms with Gasteiger partial charge in [0, 0.05) is 113 Å². The molecule has 0 amide bonds. The standard InChI is InChI=1S/2C27H34N.2C25H30N/c1-18-13-26(28(8)17-21(18)4)25-15-24(19(2)12-20(25)3)23-11-9-10-22(14-23)16-27(5,6)7;1-18-14-26(28(8)17-21(18)4)25-15-24(19(2)13-20(25)3)23-12-10-9-11-22(23)16-27(5,6)7;1-7-9-21-10-8-11-22(14-21)23-15-24(19(4)12-18(23)3)25-13-17(2)20(5)16-26(25)6;1-7-8-21-9-11-22(12-10-21)23-15-24(19(4)13-18(23)3)25-14-17(2)20(5)16-26(25)6/h2*9-15,17H,16H2,1-8H3;8,10-16H,7,9H2,1-6H3;9-16H,7-8H2,1-6H3/q4*+1/i2*2D3,4D3,16D2;3D3,5D3,9D2;3D3,5D3,8D2. The number of hydrogen-bond acceptors (Lipinski definition) is 0. The Hall–Kier alpha value is -9.64. The van der Waals surface area contributed by atoms with Crippen molar-refractivity contribution >= 4 is 0 Å². The summed E-state index contributed by atoms with van der Waals surface area (Å²) in [5.74, 6) is 0. The predicted molar refractivity (Wildman–Crippen MR) is 464 cm³/mol. The van der Waals surface area contributed by atoms with E-state index in [0.717, 1.165) is 67.3 Å². The monoisotopic (exact) mass is 1470 g/mol. The van der Waals surface area contributed by atoms with Crippen LogP contribution in [0.5, 0.6) is 0 Å². The van der Waals surface area contributed by atoms with Gasteiger partial charge in [-0.05, 0) is 304 Å². The molecule has 4 aromatic heterocycles. The van der Waals surface area contributed by atoms with E-state index in [1.807, 2.05) is 112 Å². The van der Waals surface area contributed by atoms with Crippen LogP contribution in [0.3, 0.4) is 0 Å². The summed E-state index contributed by atoms with van der Waals surface area (Å²) < 4.78 is 266. The zero-order valence-electron chi connectivity index (χ0n) is 98.7. The first-order valence-electron chi connectivity index (χ1n) is 52.7. The van der Waals surface area contributed by atoms with E-state index in [2.05, 4.69) is 0 Å². The maximum absolute atomic E-state index is 8.91. The number of benzene rings is 8. The van der Waals surface area contributed by atoms with Gasteiger partial charge in [-0.1, -0.05) is 190 Å². The maximum atomic E-state index is 8.91. The molecule has 12 rings (SSSR count). The molecule has 0 atom stereocenters. The molecule has 0 radical (unpaired) electrons. The second-order valence-electron chi connectivity index (χ2n) is 30.4. The summed E-state index contributed by atoms with van der Waals surface area (Å²) in [6.45, 7) is 10.5. The van der Waals surface area contributed by atoms with Gasteiger partial charge in [0.25, 0.3) is 0 Å². The molecule has 108 heavy (non-hydrogen) atoms. The lowest BCUT2D eigenvalue weighted by atomic mass is 9.83. The molecule has 8 aromatic carbocycles. The Bertz CT molecular complexity index is 6600. The molecule has 560 valence electrons. The van der Waals surface area contributed by atoms with Crippen LogP contribution in [0, 0.1) is 121 Å². The van der Waals surface area contributed by atoms with Crippen LogP contribution in [0.2, 0.25) is 0 Å². The summed E-state index contributed by atoms with van der Waals surface area (Å²) >= 11 is 0. The highest BCUT2D eigenvalue weighted by Gasteiger charge is 2.24. The van der Waals surface area contributed by atoms with Crippen molar-refractivity contribution in [2.24, 2.45) is 39.0 Å². The Kier molecular flexibility index (Phi) is 15.9. The average molecular weight is 1470 g/mol. The molecule has 4 heteroatoms. The largest absolute Gasteiger partial charge is 0.212 e. The minimum absolute atomic E-state index is 0.152. The van der Waals surface area contributed by atoms with Gasteiger partial charge in [0.05, 0.1) is 0 Å². The van der Waals surface area contributed by atoms with Crippen LogP contribution < -0.4 is 18.3 Å². The van der Waals surface area contributed by atoms with Gasteiger partial charge < -0.3 is 0 Å². The molecule has 4 heterocycles. The molecule has 0 bridgehead atoms. The quantitative estimate of drug-likeness (QED) is 0.0965. The Balaban J connectivity index is 0.000000209. The molecule has 0 aliphatic heterocycles. The highest BCUT2D eigenvalue weighted by atomic mass is 14.9. The Morgan fingerprint density at radius 2 is 0.593 bits per heavy atom. The second kappa shape index (κ2) is 35.2. The SMILES string of the molecule is [2H]C([2H])([2H])c1c[n+](C)c(-c2cc(-c3ccc(C([2H])([2H])CC)cc3)c(C([2H])([2H])[2H])cc2C)cc1C.[2H]C([2H])([2H])c1c[n+](C)c(-c2cc(-c3cccc(C([2H])([2H])C(C)(C)C)c3)c(C([2H])([2H])[2H])cc2C)cc1C.[2H]C([2H])([2H])c1c[n+](C)c(-c2cc(-c3cccc(C([2H])([2H])CC)c3)c(C([2H])([2H])[2H])cc2C)cc1C.[2H]C([2H])([2H])c1c[n+](C)c(-c2cc(-c3ccccc3C([2H])([2H])C(C)(C)C)c(C([2H])([2H])[2H])cc2C)cc1C. The van der Waals surface area contributed by atoms with E-state index >= 15 is 0 Å². The first-order chi connectivity index (χ1) is 63.6. The molecular weight excluding hydrogens is 1310 g/mol. The van der Waals surface area contributed by atoms with Crippen molar-refractivity contribution < 1.29 is 62.1 Å². The molecule has 0 fully saturated rings. The fraction of sp³-hybridized carbons (Fsp3) is 0.346. The summed E-state index contributed by atoms with van der Waals surface area (Å²) in [5, 5.41) is 0. The lowest BCUT2D eigenvalue weighted by molar-refractivity contribution is -0.660. The van der Waals surface area contributed by atoms with Crippen LogP contribution in [0.15, 0.2) is 195 Å². The minimum atomic E-state index is -2.41. The summed E-state index contributed by atoms with van der Waals surface area (Å²) in [7, 11) is 7.10. The van der Waals surface area contributed by atoms with Gasteiger partial charge >= 0.3 is 0 Å². The molecule has 0 saturated heterocycles. The number of aryl methyl sites for hydroxylation is 22. The molecular formula is C104H128N4+4. The lowest BCUT2D eigenvalue weighted by Gasteiger charge is -2.22. The summed E-state index contributed by atoms with van der Waals surface area (Å²) in [6.07, 6.45) is 0.692. The second-order valence-corrected chi connectivity index (χ2v) is 30.4. The van der Waals surface area contributed by atoms with Crippen molar-refractivity contribution in [2.75, 3.05) is 0 Å². The van der Waals surface area contributed by atoms with E-state index in [4.69, 9.17) is 43.9 Å². The zero-order valence-corrected chi connectivity index (χ0v) is 66.7. The summed E-state index contributed by atoms with van der Waals surface area (Å²) in [6, 6.07) is 49.2. The molecule has 0 aliphatic rings. The third-order valence-electron chi connectivity index (χ3n) is 19.0. The van der Waals surface area contributed by atoms with Crippen molar-refractivity contribution in [3.63, 3.8) is 0 Å².